The van der Waals surface area contributed by atoms with Crippen LogP contribution in [0.1, 0.15) is 24.6 Å². The van der Waals surface area contributed by atoms with Gasteiger partial charge in [-0.2, -0.15) is 0 Å². The van der Waals surface area contributed by atoms with Crippen LogP contribution in [0.2, 0.25) is 0 Å². The number of nitrogens with zero attached hydrogens (tertiary/aromatic N) is 3. The van der Waals surface area contributed by atoms with Crippen LogP contribution in [0.25, 0.3) is 5.69 Å². The number of hydrogen-bond donors (Lipinski definition) is 1. The van der Waals surface area contributed by atoms with E-state index in [9.17, 15) is 14.9 Å². The molecule has 0 unspecified atom stereocenters. The highest BCUT2D eigenvalue weighted by molar-refractivity contribution is 5.81. The molecule has 7 nitrogen and oxygen atoms in total. The summed E-state index contributed by atoms with van der Waals surface area (Å²) < 4.78 is 1.38. The summed E-state index contributed by atoms with van der Waals surface area (Å²) in [6, 6.07) is 5.81. The lowest BCUT2D eigenvalue weighted by atomic mass is 10.2. The zero-order valence-corrected chi connectivity index (χ0v) is 12.9. The van der Waals surface area contributed by atoms with Crippen LogP contribution in [-0.2, 0) is 6.42 Å². The molecule has 2 rings (SSSR count). The Balaban J connectivity index is 2.46. The molecular formula is C16H18N4O3. The van der Waals surface area contributed by atoms with Gasteiger partial charge in [0.25, 0.3) is 11.2 Å². The molecule has 0 spiro atoms. The maximum atomic E-state index is 12.6. The van der Waals surface area contributed by atoms with Crippen LogP contribution in [0, 0.1) is 10.1 Å². The van der Waals surface area contributed by atoms with Crippen LogP contribution in [0.4, 0.5) is 5.69 Å². The van der Waals surface area contributed by atoms with Crippen LogP contribution >= 0.6 is 0 Å². The molecule has 0 bridgehead atoms. The zero-order chi connectivity index (χ0) is 16.8. The Morgan fingerprint density at radius 1 is 1.39 bits per heavy atom. The number of non-ortho nitro benzene ring substituents is 1. The van der Waals surface area contributed by atoms with E-state index in [1.807, 2.05) is 6.92 Å². The summed E-state index contributed by atoms with van der Waals surface area (Å²) in [6.45, 7) is 6.05. The molecule has 0 radical (unpaired) electrons. The normalized spacial score (nSPS) is 11.0. The molecule has 1 aromatic heterocycles. The standard InChI is InChI=1S/C16H18N4O3/c1-3-5-15-14(11-17-10-4-2)16(21)19(18-15)12-6-8-13(9-7-12)20(22)23/h4,6-9,11,18H,2-3,5,10H2,1H3. The number of benzene rings is 1. The largest absolute Gasteiger partial charge is 0.294 e. The first-order chi connectivity index (χ1) is 11.1. The molecule has 0 aliphatic carbocycles. The van der Waals surface area contributed by atoms with E-state index in [0.29, 0.717) is 24.2 Å². The molecule has 23 heavy (non-hydrogen) atoms. The zero-order valence-electron chi connectivity index (χ0n) is 12.9. The summed E-state index contributed by atoms with van der Waals surface area (Å²) >= 11 is 0. The smallest absolute Gasteiger partial charge is 0.280 e. The van der Waals surface area contributed by atoms with Crippen molar-refractivity contribution in [2.24, 2.45) is 4.99 Å². The fraction of sp³-hybridized carbons (Fsp3) is 0.250. The van der Waals surface area contributed by atoms with Gasteiger partial charge in [-0.3, -0.25) is 25.0 Å². The second kappa shape index (κ2) is 7.35. The first-order valence-electron chi connectivity index (χ1n) is 7.28. The molecule has 1 N–H and O–H groups in total. The summed E-state index contributed by atoms with van der Waals surface area (Å²) in [6.07, 6.45) is 4.79. The van der Waals surface area contributed by atoms with E-state index in [4.69, 9.17) is 0 Å². The average molecular weight is 314 g/mol. The summed E-state index contributed by atoms with van der Waals surface area (Å²) in [5, 5.41) is 13.8. The predicted octanol–water partition coefficient (Wildman–Crippen LogP) is 2.63. The van der Waals surface area contributed by atoms with Crippen LogP contribution in [0.15, 0.2) is 46.7 Å². The number of aromatic nitrogens is 2. The van der Waals surface area contributed by atoms with Gasteiger partial charge in [-0.25, -0.2) is 4.68 Å². The van der Waals surface area contributed by atoms with Crippen molar-refractivity contribution in [3.63, 3.8) is 0 Å². The van der Waals surface area contributed by atoms with Gasteiger partial charge in [0.05, 0.1) is 22.7 Å². The van der Waals surface area contributed by atoms with Crippen molar-refractivity contribution in [3.8, 4) is 5.69 Å². The quantitative estimate of drug-likeness (QED) is 0.368. The first-order valence-corrected chi connectivity index (χ1v) is 7.28. The number of aliphatic imine (C=N–C) groups is 1. The van der Waals surface area contributed by atoms with Crippen LogP contribution in [0.5, 0.6) is 0 Å². The number of hydrogen-bond acceptors (Lipinski definition) is 4. The van der Waals surface area contributed by atoms with E-state index in [2.05, 4.69) is 16.7 Å². The Morgan fingerprint density at radius 2 is 2.09 bits per heavy atom. The Labute approximate surface area is 133 Å². The minimum Gasteiger partial charge on any atom is -0.294 e. The van der Waals surface area contributed by atoms with E-state index in [1.54, 1.807) is 12.3 Å². The van der Waals surface area contributed by atoms with Gasteiger partial charge in [-0.15, -0.1) is 6.58 Å². The van der Waals surface area contributed by atoms with Gasteiger partial charge >= 0.3 is 0 Å². The fourth-order valence-corrected chi connectivity index (χ4v) is 2.19. The van der Waals surface area contributed by atoms with Gasteiger partial charge in [0.1, 0.15) is 0 Å². The van der Waals surface area contributed by atoms with Gasteiger partial charge in [0, 0.05) is 24.0 Å². The monoisotopic (exact) mass is 314 g/mol. The van der Waals surface area contributed by atoms with E-state index < -0.39 is 4.92 Å². The molecule has 0 aliphatic rings. The highest BCUT2D eigenvalue weighted by Crippen LogP contribution is 2.14. The van der Waals surface area contributed by atoms with Crippen molar-refractivity contribution in [3.05, 3.63) is 68.6 Å². The molecule has 0 saturated heterocycles. The molecule has 1 aromatic carbocycles. The lowest BCUT2D eigenvalue weighted by molar-refractivity contribution is -0.384. The molecule has 0 fully saturated rings. The SMILES string of the molecule is C=CCN=Cc1c(CCC)[nH]n(-c2ccc([N+](=O)[O-])cc2)c1=O. The molecule has 0 aliphatic heterocycles. The fourth-order valence-electron chi connectivity index (χ4n) is 2.19. The number of nitro groups is 1. The lowest BCUT2D eigenvalue weighted by Gasteiger charge is -2.01. The molecule has 1 heterocycles. The second-order valence-electron chi connectivity index (χ2n) is 4.95. The Hall–Kier alpha value is -2.96. The number of nitrogens with one attached hydrogen (secondary N) is 1. The Morgan fingerprint density at radius 3 is 2.65 bits per heavy atom. The topological polar surface area (TPSA) is 93.3 Å². The summed E-state index contributed by atoms with van der Waals surface area (Å²) in [7, 11) is 0. The molecule has 0 atom stereocenters. The van der Waals surface area contributed by atoms with Gasteiger partial charge in [-0.05, 0) is 18.6 Å². The van der Waals surface area contributed by atoms with Gasteiger partial charge in [0.2, 0.25) is 0 Å². The van der Waals surface area contributed by atoms with Gasteiger partial charge in [0.15, 0.2) is 0 Å². The minimum absolute atomic E-state index is 0.0186. The second-order valence-corrected chi connectivity index (χ2v) is 4.95. The van der Waals surface area contributed by atoms with E-state index in [1.165, 1.54) is 28.9 Å². The minimum atomic E-state index is -0.475. The molecule has 0 saturated carbocycles. The Kier molecular flexibility index (Phi) is 5.24. The van der Waals surface area contributed by atoms with Crippen molar-refractivity contribution in [1.82, 2.24) is 9.78 Å². The van der Waals surface area contributed by atoms with Crippen molar-refractivity contribution in [1.29, 1.82) is 0 Å². The summed E-state index contributed by atoms with van der Waals surface area (Å²) in [4.78, 5) is 26.9. The maximum absolute atomic E-state index is 12.6. The van der Waals surface area contributed by atoms with Gasteiger partial charge in [-0.1, -0.05) is 19.4 Å². The lowest BCUT2D eigenvalue weighted by Crippen LogP contribution is -2.17. The summed E-state index contributed by atoms with van der Waals surface area (Å²) in [5.41, 5.74) is 1.60. The maximum Gasteiger partial charge on any atom is 0.280 e. The number of nitro benzene ring substituents is 1. The van der Waals surface area contributed by atoms with Crippen molar-refractivity contribution < 1.29 is 4.92 Å². The third-order valence-electron chi connectivity index (χ3n) is 3.28. The molecule has 120 valence electrons. The molecule has 2 aromatic rings. The van der Waals surface area contributed by atoms with Crippen molar-refractivity contribution >= 4 is 11.9 Å². The van der Waals surface area contributed by atoms with E-state index in [-0.39, 0.29) is 11.2 Å². The van der Waals surface area contributed by atoms with E-state index >= 15 is 0 Å². The predicted molar refractivity (Wildman–Crippen MR) is 89.7 cm³/mol. The highest BCUT2D eigenvalue weighted by Gasteiger charge is 2.14. The van der Waals surface area contributed by atoms with Crippen molar-refractivity contribution in [2.45, 2.75) is 19.8 Å². The van der Waals surface area contributed by atoms with Crippen LogP contribution in [0.3, 0.4) is 0 Å². The number of rotatable bonds is 7. The van der Waals surface area contributed by atoms with Crippen LogP contribution < -0.4 is 5.56 Å². The molecule has 0 amide bonds. The van der Waals surface area contributed by atoms with Crippen molar-refractivity contribution in [2.75, 3.05) is 6.54 Å². The number of aromatic amines is 1. The van der Waals surface area contributed by atoms with E-state index in [0.717, 1.165) is 12.1 Å². The Bertz CT molecular complexity index is 785. The third-order valence-corrected chi connectivity index (χ3v) is 3.28. The third kappa shape index (κ3) is 3.63. The molecule has 7 heteroatoms. The number of aryl methyl sites for hydroxylation is 1. The van der Waals surface area contributed by atoms with Crippen LogP contribution in [-0.4, -0.2) is 27.5 Å². The average Bonchev–Trinajstić information content (AvgIpc) is 2.85. The molecular weight excluding hydrogens is 296 g/mol. The summed E-state index contributed by atoms with van der Waals surface area (Å²) in [5.74, 6) is 0. The van der Waals surface area contributed by atoms with Gasteiger partial charge < -0.3 is 0 Å². The first kappa shape index (κ1) is 16.4. The highest BCUT2D eigenvalue weighted by atomic mass is 16.6. The number of H-pyrrole nitrogens is 1.